The van der Waals surface area contributed by atoms with Crippen molar-refractivity contribution < 1.29 is 32.6 Å². The molecule has 1 aliphatic carbocycles. The lowest BCUT2D eigenvalue weighted by Gasteiger charge is -2.43. The van der Waals surface area contributed by atoms with Crippen LogP contribution in [0.1, 0.15) is 53.9 Å². The van der Waals surface area contributed by atoms with Crippen LogP contribution in [0, 0.1) is 29.3 Å². The van der Waals surface area contributed by atoms with E-state index >= 15 is 4.39 Å². The number of halogens is 3. The highest BCUT2D eigenvalue weighted by Gasteiger charge is 2.42. The zero-order valence-corrected chi connectivity index (χ0v) is 26.5. The molecule has 4 aromatic rings. The van der Waals surface area contributed by atoms with Gasteiger partial charge in [-0.15, -0.1) is 0 Å². The molecule has 2 aliphatic rings. The molecule has 8 nitrogen and oxygen atoms in total. The highest BCUT2D eigenvalue weighted by atomic mass is 19.1. The number of carbonyl (C=O) groups is 2. The van der Waals surface area contributed by atoms with Crippen molar-refractivity contribution in [3.8, 4) is 11.8 Å². The number of hydrogen-bond acceptors (Lipinski definition) is 5. The van der Waals surface area contributed by atoms with Gasteiger partial charge in [-0.2, -0.15) is 0 Å². The normalized spacial score (nSPS) is 17.7. The molecular weight excluding hydrogens is 633 g/mol. The molecule has 6 rings (SSSR count). The first kappa shape index (κ1) is 33.7. The molecule has 0 bridgehead atoms. The molecule has 1 spiro atoms. The van der Waals surface area contributed by atoms with Gasteiger partial charge in [0.05, 0.1) is 29.2 Å². The van der Waals surface area contributed by atoms with Crippen LogP contribution in [-0.4, -0.2) is 57.8 Å². The van der Waals surface area contributed by atoms with Gasteiger partial charge in [0.2, 0.25) is 5.91 Å². The topological polar surface area (TPSA) is 104 Å². The summed E-state index contributed by atoms with van der Waals surface area (Å²) in [6.07, 6.45) is 4.08. The SMILES string of the molecule is O=C(O)NC(C(=O)Nc1cncc(F)c1C#CC1CN(Cc2ccccc2)CC2(CCCC2)O1)C(c1ccc(F)cc1)c1ccc(F)cc1. The van der Waals surface area contributed by atoms with E-state index in [9.17, 15) is 23.5 Å². The van der Waals surface area contributed by atoms with Gasteiger partial charge in [0, 0.05) is 25.6 Å². The number of rotatable bonds is 8. The lowest BCUT2D eigenvalue weighted by atomic mass is 9.84. The quantitative estimate of drug-likeness (QED) is 0.186. The number of anilines is 1. The van der Waals surface area contributed by atoms with Crippen molar-refractivity contribution in [3.63, 3.8) is 0 Å². The number of carbonyl (C=O) groups excluding carboxylic acids is 1. The van der Waals surface area contributed by atoms with Gasteiger partial charge in [-0.25, -0.2) is 18.0 Å². The number of morpholine rings is 1. The van der Waals surface area contributed by atoms with Crippen LogP contribution in [0.4, 0.5) is 23.7 Å². The van der Waals surface area contributed by atoms with E-state index in [0.29, 0.717) is 17.7 Å². The molecule has 2 amide bonds. The van der Waals surface area contributed by atoms with Crippen LogP contribution >= 0.6 is 0 Å². The summed E-state index contributed by atoms with van der Waals surface area (Å²) in [6, 6.07) is 19.0. The minimum Gasteiger partial charge on any atom is -0.465 e. The lowest BCUT2D eigenvalue weighted by Crippen LogP contribution is -2.53. The van der Waals surface area contributed by atoms with Crippen molar-refractivity contribution in [1.29, 1.82) is 0 Å². The predicted molar refractivity (Wildman–Crippen MR) is 177 cm³/mol. The van der Waals surface area contributed by atoms with E-state index in [4.69, 9.17) is 4.74 Å². The van der Waals surface area contributed by atoms with Crippen molar-refractivity contribution in [2.24, 2.45) is 0 Å². The van der Waals surface area contributed by atoms with Crippen LogP contribution in [0.15, 0.2) is 91.3 Å². The van der Waals surface area contributed by atoms with Crippen molar-refractivity contribution >= 4 is 17.7 Å². The molecule has 252 valence electrons. The first-order chi connectivity index (χ1) is 23.7. The number of aromatic nitrogens is 1. The summed E-state index contributed by atoms with van der Waals surface area (Å²) in [5, 5.41) is 14.6. The standard InChI is InChI=1S/C38H35F3N4O4/c39-28-12-8-26(9-13-28)34(27-10-14-29(40)15-11-27)35(44-37(47)48)36(46)43-33-21-42-20-32(41)31(33)17-16-30-23-45(22-25-6-2-1-3-7-25)24-38(49-30)18-4-5-19-38/h1-3,6-15,20-21,30,34-35,44H,4-5,18-19,22-24H2,(H,43,46)(H,47,48). The predicted octanol–water partition coefficient (Wildman–Crippen LogP) is 6.47. The third-order valence-electron chi connectivity index (χ3n) is 8.96. The van der Waals surface area contributed by atoms with Gasteiger partial charge in [0.1, 0.15) is 23.8 Å². The van der Waals surface area contributed by atoms with E-state index in [0.717, 1.165) is 45.0 Å². The Morgan fingerprint density at radius 3 is 2.18 bits per heavy atom. The Labute approximate surface area is 282 Å². The highest BCUT2D eigenvalue weighted by molar-refractivity contribution is 5.98. The number of hydrogen-bond donors (Lipinski definition) is 3. The summed E-state index contributed by atoms with van der Waals surface area (Å²) < 4.78 is 49.6. The molecule has 2 fully saturated rings. The zero-order chi connectivity index (χ0) is 34.4. The fourth-order valence-corrected chi connectivity index (χ4v) is 6.79. The number of carboxylic acid groups (broad SMARTS) is 1. The van der Waals surface area contributed by atoms with E-state index in [1.54, 1.807) is 0 Å². The number of pyridine rings is 1. The van der Waals surface area contributed by atoms with Crippen LogP contribution < -0.4 is 10.6 Å². The van der Waals surface area contributed by atoms with Crippen molar-refractivity contribution in [2.75, 3.05) is 18.4 Å². The molecule has 3 aromatic carbocycles. The lowest BCUT2D eigenvalue weighted by molar-refractivity contribution is -0.133. The first-order valence-corrected chi connectivity index (χ1v) is 16.1. The second kappa shape index (κ2) is 14.9. The van der Waals surface area contributed by atoms with Crippen LogP contribution in [0.2, 0.25) is 0 Å². The minimum absolute atomic E-state index is 0.0702. The molecule has 2 unspecified atom stereocenters. The second-order valence-electron chi connectivity index (χ2n) is 12.5. The molecule has 1 aliphatic heterocycles. The molecule has 1 aromatic heterocycles. The molecule has 1 saturated heterocycles. The highest BCUT2D eigenvalue weighted by Crippen LogP contribution is 2.38. The van der Waals surface area contributed by atoms with Gasteiger partial charge < -0.3 is 20.5 Å². The summed E-state index contributed by atoms with van der Waals surface area (Å²) in [5.74, 6) is 2.25. The summed E-state index contributed by atoms with van der Waals surface area (Å²) in [5.41, 5.74) is 1.38. The van der Waals surface area contributed by atoms with Crippen LogP contribution in [0.3, 0.4) is 0 Å². The Bertz CT molecular complexity index is 1790. The fraction of sp³-hybridized carbons (Fsp3) is 0.289. The number of amides is 2. The van der Waals surface area contributed by atoms with Gasteiger partial charge in [-0.1, -0.05) is 79.3 Å². The maximum atomic E-state index is 15.3. The summed E-state index contributed by atoms with van der Waals surface area (Å²) in [4.78, 5) is 32.1. The van der Waals surface area contributed by atoms with Gasteiger partial charge in [-0.3, -0.25) is 14.7 Å². The second-order valence-corrected chi connectivity index (χ2v) is 12.5. The van der Waals surface area contributed by atoms with Crippen LogP contribution in [0.5, 0.6) is 0 Å². The van der Waals surface area contributed by atoms with Gasteiger partial charge in [0.15, 0.2) is 5.82 Å². The number of nitrogens with one attached hydrogen (secondary N) is 2. The van der Waals surface area contributed by atoms with E-state index < -0.39 is 47.5 Å². The smallest absolute Gasteiger partial charge is 0.405 e. The number of benzene rings is 3. The number of nitrogens with zero attached hydrogens (tertiary/aromatic N) is 2. The average Bonchev–Trinajstić information content (AvgIpc) is 3.52. The van der Waals surface area contributed by atoms with Crippen LogP contribution in [0.25, 0.3) is 0 Å². The Morgan fingerprint density at radius 1 is 0.939 bits per heavy atom. The maximum Gasteiger partial charge on any atom is 0.405 e. The Balaban J connectivity index is 1.29. The molecule has 3 N–H and O–H groups in total. The van der Waals surface area contributed by atoms with Crippen molar-refractivity contribution in [1.82, 2.24) is 15.2 Å². The molecule has 2 atom stereocenters. The molecule has 0 radical (unpaired) electrons. The van der Waals surface area contributed by atoms with E-state index in [2.05, 4.69) is 44.5 Å². The van der Waals surface area contributed by atoms with E-state index in [1.165, 1.54) is 60.3 Å². The van der Waals surface area contributed by atoms with Crippen molar-refractivity contribution in [2.45, 2.75) is 55.9 Å². The zero-order valence-electron chi connectivity index (χ0n) is 26.5. The first-order valence-electron chi connectivity index (χ1n) is 16.1. The third kappa shape index (κ3) is 8.28. The molecule has 2 heterocycles. The van der Waals surface area contributed by atoms with Gasteiger partial charge in [0.25, 0.3) is 0 Å². The largest absolute Gasteiger partial charge is 0.465 e. The number of ether oxygens (including phenoxy) is 1. The third-order valence-corrected chi connectivity index (χ3v) is 8.96. The summed E-state index contributed by atoms with van der Waals surface area (Å²) in [6.45, 7) is 1.99. The van der Waals surface area contributed by atoms with E-state index in [-0.39, 0.29) is 16.9 Å². The van der Waals surface area contributed by atoms with Crippen LogP contribution in [-0.2, 0) is 16.1 Å². The monoisotopic (exact) mass is 668 g/mol. The van der Waals surface area contributed by atoms with E-state index in [1.807, 2.05) is 18.2 Å². The molecular formula is C38H35F3N4O4. The Kier molecular flexibility index (Phi) is 10.3. The van der Waals surface area contributed by atoms with Gasteiger partial charge in [-0.05, 0) is 53.8 Å². The molecule has 1 saturated carbocycles. The average molecular weight is 669 g/mol. The summed E-state index contributed by atoms with van der Waals surface area (Å²) >= 11 is 0. The Morgan fingerprint density at radius 2 is 1.57 bits per heavy atom. The summed E-state index contributed by atoms with van der Waals surface area (Å²) in [7, 11) is 0. The molecule has 49 heavy (non-hydrogen) atoms. The van der Waals surface area contributed by atoms with Crippen molar-refractivity contribution in [3.05, 3.63) is 131 Å². The maximum absolute atomic E-state index is 15.3. The Hall–Kier alpha value is -5.18. The molecule has 11 heteroatoms. The van der Waals surface area contributed by atoms with Gasteiger partial charge >= 0.3 is 6.09 Å². The minimum atomic E-state index is -1.51. The fourth-order valence-electron chi connectivity index (χ4n) is 6.79.